The maximum Gasteiger partial charge on any atom is 0.241 e. The third kappa shape index (κ3) is 4.88. The molecule has 2 heterocycles. The van der Waals surface area contributed by atoms with Crippen LogP contribution in [0.5, 0.6) is 0 Å². The first-order chi connectivity index (χ1) is 16.6. The second-order valence-electron chi connectivity index (χ2n) is 8.43. The van der Waals surface area contributed by atoms with E-state index < -0.39 is 0 Å². The van der Waals surface area contributed by atoms with Crippen molar-refractivity contribution in [1.82, 2.24) is 14.9 Å². The number of piperazine rings is 1. The Morgan fingerprint density at radius 3 is 2.38 bits per heavy atom. The van der Waals surface area contributed by atoms with Gasteiger partial charge in [-0.15, -0.1) is 0 Å². The fourth-order valence-corrected chi connectivity index (χ4v) is 4.64. The maximum absolute atomic E-state index is 13.2. The summed E-state index contributed by atoms with van der Waals surface area (Å²) < 4.78 is 13.2. The van der Waals surface area contributed by atoms with Gasteiger partial charge in [-0.05, 0) is 53.4 Å². The fourth-order valence-electron chi connectivity index (χ4n) is 4.46. The third-order valence-corrected chi connectivity index (χ3v) is 6.48. The van der Waals surface area contributed by atoms with Gasteiger partial charge in [0.2, 0.25) is 5.91 Å². The second-order valence-corrected chi connectivity index (χ2v) is 8.86. The lowest BCUT2D eigenvalue weighted by Gasteiger charge is -2.38. The van der Waals surface area contributed by atoms with Crippen LogP contribution in [0.3, 0.4) is 0 Å². The summed E-state index contributed by atoms with van der Waals surface area (Å²) in [5, 5.41) is 0.618. The van der Waals surface area contributed by atoms with Crippen molar-refractivity contribution < 1.29 is 9.18 Å². The van der Waals surface area contributed by atoms with E-state index in [-0.39, 0.29) is 17.8 Å². The zero-order chi connectivity index (χ0) is 23.5. The number of benzene rings is 3. The van der Waals surface area contributed by atoms with E-state index in [2.05, 4.69) is 39.1 Å². The Bertz CT molecular complexity index is 1260. The Morgan fingerprint density at radius 1 is 1.00 bits per heavy atom. The standard InChI is InChI=1S/C27H24ClFN4O/c28-22-2-1-3-24(15-22)33-13-12-32(17-27(33)34)26(25-16-30-18-31-25)14-19-4-6-20(7-5-19)21-8-10-23(29)11-9-21/h1-11,15-16,18,26H,12-14,17H2,(H,30,31). The number of aromatic nitrogens is 2. The van der Waals surface area contributed by atoms with Gasteiger partial charge in [0, 0.05) is 30.0 Å². The zero-order valence-corrected chi connectivity index (χ0v) is 19.3. The van der Waals surface area contributed by atoms with Crippen LogP contribution >= 0.6 is 11.6 Å². The van der Waals surface area contributed by atoms with Crippen molar-refractivity contribution in [3.63, 3.8) is 0 Å². The van der Waals surface area contributed by atoms with E-state index in [4.69, 9.17) is 11.6 Å². The topological polar surface area (TPSA) is 52.2 Å². The van der Waals surface area contributed by atoms with Gasteiger partial charge in [-0.1, -0.05) is 54.1 Å². The molecule has 7 heteroatoms. The summed E-state index contributed by atoms with van der Waals surface area (Å²) in [7, 11) is 0. The molecule has 172 valence electrons. The summed E-state index contributed by atoms with van der Waals surface area (Å²) in [6.45, 7) is 1.63. The largest absolute Gasteiger partial charge is 0.347 e. The number of halogens is 2. The minimum Gasteiger partial charge on any atom is -0.347 e. The Balaban J connectivity index is 1.33. The van der Waals surface area contributed by atoms with E-state index in [1.165, 1.54) is 12.1 Å². The molecule has 1 aromatic heterocycles. The van der Waals surface area contributed by atoms with Crippen LogP contribution in [0.25, 0.3) is 11.1 Å². The van der Waals surface area contributed by atoms with Gasteiger partial charge in [0.15, 0.2) is 0 Å². The quantitative estimate of drug-likeness (QED) is 0.401. The average molecular weight is 475 g/mol. The predicted molar refractivity (Wildman–Crippen MR) is 132 cm³/mol. The molecule has 3 aromatic carbocycles. The lowest BCUT2D eigenvalue weighted by atomic mass is 9.98. The number of aromatic amines is 1. The van der Waals surface area contributed by atoms with Gasteiger partial charge >= 0.3 is 0 Å². The van der Waals surface area contributed by atoms with Crippen molar-refractivity contribution in [3.8, 4) is 11.1 Å². The van der Waals surface area contributed by atoms with Crippen LogP contribution in [0, 0.1) is 5.82 Å². The number of rotatable bonds is 6. The molecule has 1 aliphatic rings. The van der Waals surface area contributed by atoms with E-state index in [0.717, 1.165) is 41.0 Å². The van der Waals surface area contributed by atoms with Crippen molar-refractivity contribution in [1.29, 1.82) is 0 Å². The molecule has 1 amide bonds. The van der Waals surface area contributed by atoms with Crippen LogP contribution in [-0.2, 0) is 11.2 Å². The molecule has 5 rings (SSSR count). The average Bonchev–Trinajstić information content (AvgIpc) is 3.38. The number of anilines is 1. The van der Waals surface area contributed by atoms with Crippen LogP contribution in [0.15, 0.2) is 85.3 Å². The Morgan fingerprint density at radius 2 is 1.74 bits per heavy atom. The molecule has 0 bridgehead atoms. The molecular weight excluding hydrogens is 451 g/mol. The molecule has 5 nitrogen and oxygen atoms in total. The maximum atomic E-state index is 13.2. The van der Waals surface area contributed by atoms with Crippen molar-refractivity contribution in [2.45, 2.75) is 12.5 Å². The minimum absolute atomic E-state index is 0.00960. The highest BCUT2D eigenvalue weighted by Gasteiger charge is 2.31. The number of imidazole rings is 1. The summed E-state index contributed by atoms with van der Waals surface area (Å²) in [4.78, 5) is 24.5. The highest BCUT2D eigenvalue weighted by atomic mass is 35.5. The highest BCUT2D eigenvalue weighted by molar-refractivity contribution is 6.30. The number of hydrogen-bond donors (Lipinski definition) is 1. The number of H-pyrrole nitrogens is 1. The van der Waals surface area contributed by atoms with Gasteiger partial charge < -0.3 is 9.88 Å². The first-order valence-corrected chi connectivity index (χ1v) is 11.6. The lowest BCUT2D eigenvalue weighted by molar-refractivity contribution is -0.122. The summed E-state index contributed by atoms with van der Waals surface area (Å²) in [6.07, 6.45) is 4.23. The van der Waals surface area contributed by atoms with E-state index in [9.17, 15) is 9.18 Å². The predicted octanol–water partition coefficient (Wildman–Crippen LogP) is 5.50. The van der Waals surface area contributed by atoms with Gasteiger partial charge in [0.05, 0.1) is 24.6 Å². The lowest BCUT2D eigenvalue weighted by Crippen LogP contribution is -2.51. The monoisotopic (exact) mass is 474 g/mol. The smallest absolute Gasteiger partial charge is 0.241 e. The molecule has 1 saturated heterocycles. The number of carbonyl (C=O) groups excluding carboxylic acids is 1. The molecule has 1 N–H and O–H groups in total. The molecule has 1 aliphatic heterocycles. The number of carbonyl (C=O) groups is 1. The van der Waals surface area contributed by atoms with Crippen molar-refractivity contribution >= 4 is 23.2 Å². The normalized spacial score (nSPS) is 15.5. The van der Waals surface area contributed by atoms with Crippen LogP contribution in [0.4, 0.5) is 10.1 Å². The zero-order valence-electron chi connectivity index (χ0n) is 18.5. The second kappa shape index (κ2) is 9.79. The van der Waals surface area contributed by atoms with Crippen molar-refractivity contribution in [3.05, 3.63) is 107 Å². The molecule has 0 aliphatic carbocycles. The Kier molecular flexibility index (Phi) is 6.43. The summed E-state index contributed by atoms with van der Waals surface area (Å²) in [5.41, 5.74) is 4.96. The molecule has 1 fully saturated rings. The third-order valence-electron chi connectivity index (χ3n) is 6.25. The molecule has 4 aromatic rings. The molecule has 1 atom stereocenters. The van der Waals surface area contributed by atoms with Crippen molar-refractivity contribution in [2.24, 2.45) is 0 Å². The van der Waals surface area contributed by atoms with Crippen LogP contribution in [0.1, 0.15) is 17.3 Å². The van der Waals surface area contributed by atoms with Gasteiger partial charge in [0.25, 0.3) is 0 Å². The van der Waals surface area contributed by atoms with Gasteiger partial charge in [-0.2, -0.15) is 0 Å². The number of nitrogens with zero attached hydrogens (tertiary/aromatic N) is 3. The Hall–Kier alpha value is -3.48. The first kappa shape index (κ1) is 22.3. The van der Waals surface area contributed by atoms with E-state index in [1.54, 1.807) is 29.4 Å². The number of hydrogen-bond acceptors (Lipinski definition) is 3. The summed E-state index contributed by atoms with van der Waals surface area (Å²) in [6, 6.07) is 22.2. The van der Waals surface area contributed by atoms with E-state index in [0.29, 0.717) is 18.1 Å². The van der Waals surface area contributed by atoms with Gasteiger partial charge in [-0.3, -0.25) is 9.69 Å². The van der Waals surface area contributed by atoms with Gasteiger partial charge in [0.1, 0.15) is 5.82 Å². The Labute approximate surface area is 202 Å². The van der Waals surface area contributed by atoms with Crippen LogP contribution in [0.2, 0.25) is 5.02 Å². The summed E-state index contributed by atoms with van der Waals surface area (Å²) in [5.74, 6) is -0.197. The van der Waals surface area contributed by atoms with Crippen LogP contribution in [-0.4, -0.2) is 40.4 Å². The highest BCUT2D eigenvalue weighted by Crippen LogP contribution is 2.29. The van der Waals surface area contributed by atoms with E-state index >= 15 is 0 Å². The summed E-state index contributed by atoms with van der Waals surface area (Å²) >= 11 is 6.13. The number of amides is 1. The molecular formula is C27H24ClFN4O. The van der Waals surface area contributed by atoms with Crippen molar-refractivity contribution in [2.75, 3.05) is 24.5 Å². The molecule has 0 spiro atoms. The molecule has 1 unspecified atom stereocenters. The first-order valence-electron chi connectivity index (χ1n) is 11.2. The number of nitrogens with one attached hydrogen (secondary N) is 1. The molecule has 34 heavy (non-hydrogen) atoms. The van der Waals surface area contributed by atoms with E-state index in [1.807, 2.05) is 24.4 Å². The molecule has 0 saturated carbocycles. The SMILES string of the molecule is O=C1CN(C(Cc2ccc(-c3ccc(F)cc3)cc2)c2cnc[nH]2)CCN1c1cccc(Cl)c1. The van der Waals surface area contributed by atoms with Gasteiger partial charge in [-0.25, -0.2) is 9.37 Å². The molecule has 0 radical (unpaired) electrons. The fraction of sp³-hybridized carbons (Fsp3) is 0.185. The minimum atomic E-state index is -0.243. The van der Waals surface area contributed by atoms with Crippen LogP contribution < -0.4 is 4.90 Å².